The van der Waals surface area contributed by atoms with Gasteiger partial charge in [-0.15, -0.1) is 5.10 Å². The fourth-order valence-electron chi connectivity index (χ4n) is 1.60. The van der Waals surface area contributed by atoms with Crippen molar-refractivity contribution in [2.24, 2.45) is 0 Å². The van der Waals surface area contributed by atoms with E-state index in [1.54, 1.807) is 4.90 Å². The molecule has 2 rings (SSSR count). The van der Waals surface area contributed by atoms with E-state index in [1.807, 2.05) is 25.5 Å². The average molecular weight is 350 g/mol. The van der Waals surface area contributed by atoms with Gasteiger partial charge in [-0.3, -0.25) is 0 Å². The Hall–Kier alpha value is -0.860. The van der Waals surface area contributed by atoms with E-state index < -0.39 is 5.60 Å². The number of carbonyl (C=O) groups excluding carboxylic acids is 1. The Morgan fingerprint density at radius 3 is 2.76 bits per heavy atom. The van der Waals surface area contributed by atoms with Crippen LogP contribution in [0.25, 0.3) is 0 Å². The summed E-state index contributed by atoms with van der Waals surface area (Å²) in [5.74, 6) is 0. The van der Waals surface area contributed by atoms with Crippen LogP contribution >= 0.6 is 22.6 Å². The maximum absolute atomic E-state index is 11.9. The van der Waals surface area contributed by atoms with E-state index in [4.69, 9.17) is 4.74 Å². The highest BCUT2D eigenvalue weighted by Gasteiger charge is 2.27. The highest BCUT2D eigenvalue weighted by atomic mass is 127. The lowest BCUT2D eigenvalue weighted by atomic mass is 10.2. The van der Waals surface area contributed by atoms with Crippen LogP contribution in [0.5, 0.6) is 0 Å². The van der Waals surface area contributed by atoms with Gasteiger partial charge in [-0.25, -0.2) is 9.48 Å². The molecule has 1 aliphatic rings. The molecule has 0 fully saturated rings. The summed E-state index contributed by atoms with van der Waals surface area (Å²) in [5.41, 5.74) is 0.517. The Morgan fingerprint density at radius 2 is 2.12 bits per heavy atom. The minimum absolute atomic E-state index is 0.277. The van der Waals surface area contributed by atoms with Gasteiger partial charge in [0.2, 0.25) is 0 Å². The smallest absolute Gasteiger partial charge is 0.410 e. The first-order chi connectivity index (χ1) is 7.87. The molecule has 94 valence electrons. The van der Waals surface area contributed by atoms with Gasteiger partial charge in [-0.05, 0) is 43.4 Å². The molecule has 7 heteroatoms. The first-order valence-electron chi connectivity index (χ1n) is 5.42. The largest absolute Gasteiger partial charge is 0.444 e. The highest BCUT2D eigenvalue weighted by molar-refractivity contribution is 14.1. The maximum atomic E-state index is 11.9. The van der Waals surface area contributed by atoms with Crippen molar-refractivity contribution in [3.63, 3.8) is 0 Å². The summed E-state index contributed by atoms with van der Waals surface area (Å²) in [7, 11) is 0. The summed E-state index contributed by atoms with van der Waals surface area (Å²) in [6.07, 6.45) is -0.277. The van der Waals surface area contributed by atoms with E-state index in [-0.39, 0.29) is 6.09 Å². The molecule has 0 unspecified atom stereocenters. The standard InChI is InChI=1S/C10H15IN4O2/c1-10(2,3)17-9(16)14-4-5-15-7(6-14)8(11)12-13-15/h4-6H2,1-3H3. The molecule has 0 atom stereocenters. The molecule has 0 bridgehead atoms. The monoisotopic (exact) mass is 350 g/mol. The minimum Gasteiger partial charge on any atom is -0.444 e. The van der Waals surface area contributed by atoms with Gasteiger partial charge < -0.3 is 9.64 Å². The predicted octanol–water partition coefficient (Wildman–Crippen LogP) is 1.63. The van der Waals surface area contributed by atoms with Gasteiger partial charge in [0, 0.05) is 6.54 Å². The second-order valence-corrected chi connectivity index (χ2v) is 5.97. The van der Waals surface area contributed by atoms with Crippen LogP contribution in [0.4, 0.5) is 4.79 Å². The van der Waals surface area contributed by atoms with E-state index in [2.05, 4.69) is 32.9 Å². The second kappa shape index (κ2) is 4.43. The van der Waals surface area contributed by atoms with Crippen LogP contribution in [0.15, 0.2) is 0 Å². The normalized spacial score (nSPS) is 15.6. The van der Waals surface area contributed by atoms with Crippen LogP contribution in [0.1, 0.15) is 26.5 Å². The number of carbonyl (C=O) groups is 1. The zero-order valence-corrected chi connectivity index (χ0v) is 12.3. The number of ether oxygens (including phenoxy) is 1. The first kappa shape index (κ1) is 12.6. The topological polar surface area (TPSA) is 60.2 Å². The molecular weight excluding hydrogens is 335 g/mol. The molecule has 0 aliphatic carbocycles. The number of rotatable bonds is 0. The van der Waals surface area contributed by atoms with Gasteiger partial charge in [0.25, 0.3) is 0 Å². The van der Waals surface area contributed by atoms with Crippen LogP contribution in [-0.2, 0) is 17.8 Å². The van der Waals surface area contributed by atoms with Crippen molar-refractivity contribution in [1.29, 1.82) is 0 Å². The van der Waals surface area contributed by atoms with Crippen molar-refractivity contribution in [2.45, 2.75) is 39.5 Å². The number of aromatic nitrogens is 3. The molecule has 0 saturated heterocycles. The van der Waals surface area contributed by atoms with Crippen molar-refractivity contribution in [1.82, 2.24) is 19.9 Å². The van der Waals surface area contributed by atoms with Crippen LogP contribution in [0.3, 0.4) is 0 Å². The molecule has 17 heavy (non-hydrogen) atoms. The van der Waals surface area contributed by atoms with Gasteiger partial charge in [-0.2, -0.15) is 0 Å². The zero-order chi connectivity index (χ0) is 12.6. The number of amides is 1. The van der Waals surface area contributed by atoms with Crippen molar-refractivity contribution < 1.29 is 9.53 Å². The van der Waals surface area contributed by atoms with E-state index in [0.29, 0.717) is 19.6 Å². The SMILES string of the molecule is CC(C)(C)OC(=O)N1CCn2nnc(I)c2C1. The van der Waals surface area contributed by atoms with Crippen LogP contribution in [0, 0.1) is 3.70 Å². The third-order valence-electron chi connectivity index (χ3n) is 2.36. The van der Waals surface area contributed by atoms with E-state index in [9.17, 15) is 4.79 Å². The molecule has 0 aromatic carbocycles. The maximum Gasteiger partial charge on any atom is 0.410 e. The molecule has 0 saturated carbocycles. The molecule has 2 heterocycles. The van der Waals surface area contributed by atoms with Crippen molar-refractivity contribution >= 4 is 28.7 Å². The molecule has 0 radical (unpaired) electrons. The second-order valence-electron chi connectivity index (χ2n) is 4.95. The third kappa shape index (κ3) is 2.88. The van der Waals surface area contributed by atoms with Crippen LogP contribution in [0.2, 0.25) is 0 Å². The number of hydrogen-bond acceptors (Lipinski definition) is 4. The Labute approximate surface area is 113 Å². The average Bonchev–Trinajstić information content (AvgIpc) is 2.57. The Balaban J connectivity index is 2.07. The van der Waals surface area contributed by atoms with Gasteiger partial charge in [-0.1, -0.05) is 5.21 Å². The molecular formula is C10H15IN4O2. The lowest BCUT2D eigenvalue weighted by Crippen LogP contribution is -2.41. The summed E-state index contributed by atoms with van der Waals surface area (Å²) in [5, 5.41) is 7.99. The van der Waals surface area contributed by atoms with Crippen molar-refractivity contribution in [3.05, 3.63) is 9.39 Å². The Kier molecular flexibility index (Phi) is 3.28. The third-order valence-corrected chi connectivity index (χ3v) is 3.20. The molecule has 0 N–H and O–H groups in total. The van der Waals surface area contributed by atoms with Gasteiger partial charge in [0.15, 0.2) is 0 Å². The summed E-state index contributed by atoms with van der Waals surface area (Å²) in [4.78, 5) is 13.6. The molecule has 0 spiro atoms. The summed E-state index contributed by atoms with van der Waals surface area (Å²) >= 11 is 2.13. The fraction of sp³-hybridized carbons (Fsp3) is 0.700. The number of fused-ring (bicyclic) bond motifs is 1. The van der Waals surface area contributed by atoms with Gasteiger partial charge in [0.05, 0.1) is 18.8 Å². The van der Waals surface area contributed by atoms with Crippen molar-refractivity contribution in [2.75, 3.05) is 6.54 Å². The fourth-order valence-corrected chi connectivity index (χ4v) is 2.14. The molecule has 1 amide bonds. The number of hydrogen-bond donors (Lipinski definition) is 0. The van der Waals surface area contributed by atoms with Gasteiger partial charge >= 0.3 is 6.09 Å². The highest BCUT2D eigenvalue weighted by Crippen LogP contribution is 2.18. The van der Waals surface area contributed by atoms with E-state index in [1.165, 1.54) is 0 Å². The summed E-state index contributed by atoms with van der Waals surface area (Å²) in [6.45, 7) is 7.39. The zero-order valence-electron chi connectivity index (χ0n) is 10.1. The number of nitrogens with zero attached hydrogens (tertiary/aromatic N) is 4. The predicted molar refractivity (Wildman–Crippen MR) is 69.4 cm³/mol. The Bertz CT molecular complexity index is 438. The van der Waals surface area contributed by atoms with E-state index >= 15 is 0 Å². The summed E-state index contributed by atoms with van der Waals surface area (Å²) in [6, 6.07) is 0. The van der Waals surface area contributed by atoms with Gasteiger partial charge in [0.1, 0.15) is 9.30 Å². The first-order valence-corrected chi connectivity index (χ1v) is 6.50. The van der Waals surface area contributed by atoms with Crippen LogP contribution in [-0.4, -0.2) is 38.1 Å². The Morgan fingerprint density at radius 1 is 1.41 bits per heavy atom. The lowest BCUT2D eigenvalue weighted by molar-refractivity contribution is 0.0193. The quantitative estimate of drug-likeness (QED) is 0.668. The van der Waals surface area contributed by atoms with Crippen LogP contribution < -0.4 is 0 Å². The summed E-state index contributed by atoms with van der Waals surface area (Å²) < 4.78 is 8.02. The lowest BCUT2D eigenvalue weighted by Gasteiger charge is -2.30. The number of halogens is 1. The van der Waals surface area contributed by atoms with E-state index in [0.717, 1.165) is 9.39 Å². The molecule has 1 aromatic rings. The van der Waals surface area contributed by atoms with Crippen molar-refractivity contribution in [3.8, 4) is 0 Å². The molecule has 6 nitrogen and oxygen atoms in total. The molecule has 1 aromatic heterocycles. The minimum atomic E-state index is -0.458. The molecule has 1 aliphatic heterocycles.